The fraction of sp³-hybridized carbons (Fsp3) is 0.310. The molecule has 4 aromatic rings. The lowest BCUT2D eigenvalue weighted by Crippen LogP contribution is -2.37. The third-order valence-corrected chi connectivity index (χ3v) is 6.89. The minimum Gasteiger partial charge on any atom is -0.454 e. The van der Waals surface area contributed by atoms with Crippen molar-refractivity contribution in [3.05, 3.63) is 83.1 Å². The first-order valence-electron chi connectivity index (χ1n) is 12.8. The van der Waals surface area contributed by atoms with Gasteiger partial charge in [0.25, 0.3) is 5.56 Å². The number of H-pyrrole nitrogens is 1. The fourth-order valence-corrected chi connectivity index (χ4v) is 5.03. The number of para-hydroxylation sites is 1. The molecule has 1 saturated heterocycles. The van der Waals surface area contributed by atoms with Crippen LogP contribution in [0.4, 0.5) is 10.2 Å². The van der Waals surface area contributed by atoms with Crippen molar-refractivity contribution in [1.82, 2.24) is 24.6 Å². The summed E-state index contributed by atoms with van der Waals surface area (Å²) >= 11 is 0. The quantitative estimate of drug-likeness (QED) is 0.331. The number of halogens is 1. The van der Waals surface area contributed by atoms with Gasteiger partial charge in [0.2, 0.25) is 0 Å². The van der Waals surface area contributed by atoms with Gasteiger partial charge in [-0.05, 0) is 63.3 Å². The lowest BCUT2D eigenvalue weighted by atomic mass is 10.1. The van der Waals surface area contributed by atoms with Crippen molar-refractivity contribution in [2.75, 3.05) is 46.0 Å². The average Bonchev–Trinajstić information content (AvgIpc) is 3.33. The number of fused-ring (bicyclic) bond motifs is 1. The van der Waals surface area contributed by atoms with Crippen molar-refractivity contribution < 1.29 is 9.13 Å². The number of hydrogen-bond donors (Lipinski definition) is 2. The number of anilines is 1. The van der Waals surface area contributed by atoms with Crippen LogP contribution in [0.25, 0.3) is 22.0 Å². The summed E-state index contributed by atoms with van der Waals surface area (Å²) in [5, 5.41) is 7.25. The molecule has 3 N–H and O–H groups in total. The van der Waals surface area contributed by atoms with Crippen molar-refractivity contribution in [3.8, 4) is 22.6 Å². The average molecular weight is 517 g/mol. The molecular formula is C29H33FN6O2. The molecule has 0 radical (unpaired) electrons. The monoisotopic (exact) mass is 516 g/mol. The topological polar surface area (TPSA) is 92.4 Å². The summed E-state index contributed by atoms with van der Waals surface area (Å²) in [4.78, 5) is 17.6. The largest absolute Gasteiger partial charge is 0.454 e. The molecule has 0 saturated carbocycles. The van der Waals surface area contributed by atoms with E-state index < -0.39 is 5.82 Å². The van der Waals surface area contributed by atoms with Crippen LogP contribution in [0.2, 0.25) is 0 Å². The minimum absolute atomic E-state index is 0.133. The van der Waals surface area contributed by atoms with E-state index in [2.05, 4.69) is 50.8 Å². The number of hydrogen-bond acceptors (Lipinski definition) is 6. The standard InChI is InChI=1S/C29H33FN6O2/c1-34(2)15-5-6-16-35-17-7-8-21(18-35)36-19-23(26-27(36)29(37)33-32-28(26)31)20-11-13-22(14-12-20)38-25-10-4-3-9-24(25)30/h3-6,9-14,19,21H,7-8,15-18H2,1-2H3,(H2,31,32)(H,33,37)/b6-5+/t21-/m1/s1. The molecule has 0 unspecified atom stereocenters. The first-order valence-corrected chi connectivity index (χ1v) is 12.8. The maximum atomic E-state index is 14.0. The van der Waals surface area contributed by atoms with Gasteiger partial charge in [-0.2, -0.15) is 5.10 Å². The van der Waals surface area contributed by atoms with Crippen molar-refractivity contribution >= 4 is 16.7 Å². The van der Waals surface area contributed by atoms with Crippen LogP contribution in [0, 0.1) is 5.82 Å². The van der Waals surface area contributed by atoms with Crippen LogP contribution in [0.15, 0.2) is 71.7 Å². The molecule has 0 amide bonds. The van der Waals surface area contributed by atoms with Crippen LogP contribution < -0.4 is 16.0 Å². The fourth-order valence-electron chi connectivity index (χ4n) is 5.03. The number of likely N-dealkylation sites (tertiary alicyclic amines) is 1. The summed E-state index contributed by atoms with van der Waals surface area (Å²) in [5.41, 5.74) is 8.28. The highest BCUT2D eigenvalue weighted by molar-refractivity contribution is 6.02. The Morgan fingerprint density at radius 2 is 1.97 bits per heavy atom. The van der Waals surface area contributed by atoms with Crippen LogP contribution >= 0.6 is 0 Å². The molecule has 0 aliphatic carbocycles. The number of nitrogens with two attached hydrogens (primary N) is 1. The van der Waals surface area contributed by atoms with Gasteiger partial charge in [-0.25, -0.2) is 9.49 Å². The maximum absolute atomic E-state index is 14.0. The number of aromatic amines is 1. The first kappa shape index (κ1) is 25.7. The molecule has 2 aromatic heterocycles. The van der Waals surface area contributed by atoms with E-state index >= 15 is 0 Å². The lowest BCUT2D eigenvalue weighted by molar-refractivity contribution is 0.196. The van der Waals surface area contributed by atoms with Gasteiger partial charge in [-0.1, -0.05) is 36.4 Å². The number of nitrogens with zero attached hydrogens (tertiary/aromatic N) is 4. The Balaban J connectivity index is 1.44. The van der Waals surface area contributed by atoms with E-state index in [0.717, 1.165) is 50.1 Å². The van der Waals surface area contributed by atoms with Crippen LogP contribution in [0.5, 0.6) is 11.5 Å². The van der Waals surface area contributed by atoms with Crippen LogP contribution in [0.1, 0.15) is 18.9 Å². The zero-order chi connectivity index (χ0) is 26.6. The van der Waals surface area contributed by atoms with E-state index in [1.165, 1.54) is 6.07 Å². The molecular weight excluding hydrogens is 483 g/mol. The van der Waals surface area contributed by atoms with E-state index in [1.807, 2.05) is 18.3 Å². The normalized spacial score (nSPS) is 16.6. The summed E-state index contributed by atoms with van der Waals surface area (Å²) in [7, 11) is 4.11. The number of ether oxygens (including phenoxy) is 1. The highest BCUT2D eigenvalue weighted by Crippen LogP contribution is 2.36. The Hall–Kier alpha value is -3.95. The number of benzene rings is 2. The number of piperidine rings is 1. The third-order valence-electron chi connectivity index (χ3n) is 6.89. The molecule has 5 rings (SSSR count). The molecule has 38 heavy (non-hydrogen) atoms. The van der Waals surface area contributed by atoms with E-state index in [1.54, 1.807) is 30.3 Å². The second-order valence-corrected chi connectivity index (χ2v) is 9.96. The van der Waals surface area contributed by atoms with E-state index in [4.69, 9.17) is 10.5 Å². The third kappa shape index (κ3) is 5.49. The Morgan fingerprint density at radius 1 is 1.18 bits per heavy atom. The van der Waals surface area contributed by atoms with Gasteiger partial charge in [-0.15, -0.1) is 0 Å². The lowest BCUT2D eigenvalue weighted by Gasteiger charge is -2.33. The van der Waals surface area contributed by atoms with Crippen LogP contribution in [0.3, 0.4) is 0 Å². The zero-order valence-electron chi connectivity index (χ0n) is 21.7. The molecule has 1 aliphatic rings. The Labute approximate surface area is 221 Å². The van der Waals surface area contributed by atoms with Gasteiger partial charge in [0, 0.05) is 37.4 Å². The van der Waals surface area contributed by atoms with Crippen molar-refractivity contribution in [2.45, 2.75) is 18.9 Å². The molecule has 1 atom stereocenters. The van der Waals surface area contributed by atoms with Crippen molar-refractivity contribution in [3.63, 3.8) is 0 Å². The molecule has 2 aromatic carbocycles. The summed E-state index contributed by atoms with van der Waals surface area (Å²) in [5.74, 6) is 0.527. The smallest absolute Gasteiger partial charge is 0.288 e. The molecule has 1 aliphatic heterocycles. The SMILES string of the molecule is CN(C)C/C=C/CN1CCC[C@@H](n2cc(-c3ccc(Oc4ccccc4F)cc3)c3c(N)n[nH]c(=O)c32)C1. The molecule has 3 heterocycles. The van der Waals surface area contributed by atoms with Gasteiger partial charge in [0.1, 0.15) is 11.3 Å². The summed E-state index contributed by atoms with van der Waals surface area (Å²) in [6.07, 6.45) is 8.42. The molecule has 9 heteroatoms. The first-order chi connectivity index (χ1) is 18.4. The van der Waals surface area contributed by atoms with Gasteiger partial charge in [0.15, 0.2) is 17.4 Å². The second-order valence-electron chi connectivity index (χ2n) is 9.96. The summed E-state index contributed by atoms with van der Waals surface area (Å²) in [6.45, 7) is 3.65. The predicted molar refractivity (Wildman–Crippen MR) is 149 cm³/mol. The van der Waals surface area contributed by atoms with Gasteiger partial charge in [0.05, 0.1) is 5.39 Å². The molecule has 198 valence electrons. The highest BCUT2D eigenvalue weighted by atomic mass is 19.1. The predicted octanol–water partition coefficient (Wildman–Crippen LogP) is 4.66. The van der Waals surface area contributed by atoms with Gasteiger partial charge in [-0.3, -0.25) is 9.69 Å². The molecule has 0 spiro atoms. The summed E-state index contributed by atoms with van der Waals surface area (Å²) < 4.78 is 21.8. The Bertz CT molecular complexity index is 1490. The molecule has 8 nitrogen and oxygen atoms in total. The van der Waals surface area contributed by atoms with Crippen molar-refractivity contribution in [1.29, 1.82) is 0 Å². The van der Waals surface area contributed by atoms with E-state index in [9.17, 15) is 9.18 Å². The van der Waals surface area contributed by atoms with E-state index in [0.29, 0.717) is 16.7 Å². The number of likely N-dealkylation sites (N-methyl/N-ethyl adjacent to an activating group) is 1. The Kier molecular flexibility index (Phi) is 7.57. The van der Waals surface area contributed by atoms with E-state index in [-0.39, 0.29) is 23.2 Å². The number of rotatable bonds is 8. The Morgan fingerprint density at radius 3 is 2.74 bits per heavy atom. The molecule has 1 fully saturated rings. The van der Waals surface area contributed by atoms with Crippen LogP contribution in [-0.2, 0) is 0 Å². The number of nitrogens with one attached hydrogen (secondary N) is 1. The van der Waals surface area contributed by atoms with Gasteiger partial charge >= 0.3 is 0 Å². The number of nitrogen functional groups attached to an aromatic ring is 1. The highest BCUT2D eigenvalue weighted by Gasteiger charge is 2.25. The molecule has 0 bridgehead atoms. The van der Waals surface area contributed by atoms with Crippen LogP contribution in [-0.4, -0.2) is 64.8 Å². The zero-order valence-corrected chi connectivity index (χ0v) is 21.7. The second kappa shape index (κ2) is 11.2. The van der Waals surface area contributed by atoms with Crippen molar-refractivity contribution in [2.24, 2.45) is 0 Å². The van der Waals surface area contributed by atoms with Gasteiger partial charge < -0.3 is 19.9 Å². The number of aromatic nitrogens is 3. The maximum Gasteiger partial charge on any atom is 0.288 e. The summed E-state index contributed by atoms with van der Waals surface area (Å²) in [6, 6.07) is 13.8. The minimum atomic E-state index is -0.424.